The SMILES string of the molecule is COC(C)COc1ccc(C(=N)N)c(Cl)c1. The maximum atomic E-state index is 7.28. The smallest absolute Gasteiger partial charge is 0.124 e. The van der Waals surface area contributed by atoms with Crippen LogP contribution < -0.4 is 10.5 Å². The predicted molar refractivity (Wildman–Crippen MR) is 64.4 cm³/mol. The molecular weight excluding hydrogens is 228 g/mol. The molecule has 0 aliphatic carbocycles. The summed E-state index contributed by atoms with van der Waals surface area (Å²) in [5.74, 6) is 0.584. The Bertz CT molecular complexity index is 382. The maximum Gasteiger partial charge on any atom is 0.124 e. The van der Waals surface area contributed by atoms with Gasteiger partial charge in [0.15, 0.2) is 0 Å². The number of nitrogens with two attached hydrogens (primary N) is 1. The van der Waals surface area contributed by atoms with Crippen molar-refractivity contribution in [3.8, 4) is 5.75 Å². The summed E-state index contributed by atoms with van der Waals surface area (Å²) in [6.07, 6.45) is 0.0197. The summed E-state index contributed by atoms with van der Waals surface area (Å²) in [5, 5.41) is 7.69. The van der Waals surface area contributed by atoms with E-state index in [0.717, 1.165) is 0 Å². The Balaban J connectivity index is 2.70. The van der Waals surface area contributed by atoms with E-state index in [1.807, 2.05) is 6.92 Å². The molecule has 4 nitrogen and oxygen atoms in total. The fourth-order valence-corrected chi connectivity index (χ4v) is 1.36. The molecule has 1 unspecified atom stereocenters. The molecule has 0 aliphatic heterocycles. The average Bonchev–Trinajstić information content (AvgIpc) is 2.25. The molecule has 1 aromatic carbocycles. The Kier molecular flexibility index (Phi) is 4.58. The summed E-state index contributed by atoms with van der Waals surface area (Å²) in [7, 11) is 1.62. The monoisotopic (exact) mass is 242 g/mol. The Hall–Kier alpha value is -1.26. The predicted octanol–water partition coefficient (Wildman–Crippen LogP) is 2.04. The van der Waals surface area contributed by atoms with Crippen LogP contribution in [0.2, 0.25) is 5.02 Å². The lowest BCUT2D eigenvalue weighted by Gasteiger charge is -2.12. The fraction of sp³-hybridized carbons (Fsp3) is 0.364. The zero-order chi connectivity index (χ0) is 12.1. The Morgan fingerprint density at radius 2 is 2.25 bits per heavy atom. The lowest BCUT2D eigenvalue weighted by Crippen LogP contribution is -2.16. The van der Waals surface area contributed by atoms with E-state index in [2.05, 4.69) is 0 Å². The molecule has 0 amide bonds. The molecule has 0 aromatic heterocycles. The Morgan fingerprint density at radius 1 is 1.56 bits per heavy atom. The lowest BCUT2D eigenvalue weighted by molar-refractivity contribution is 0.0717. The number of nitrogen functional groups attached to an aromatic ring is 1. The normalized spacial score (nSPS) is 12.2. The van der Waals surface area contributed by atoms with Crippen molar-refractivity contribution >= 4 is 17.4 Å². The van der Waals surface area contributed by atoms with Gasteiger partial charge in [-0.05, 0) is 25.1 Å². The number of halogens is 1. The van der Waals surface area contributed by atoms with Gasteiger partial charge in [0.25, 0.3) is 0 Å². The van der Waals surface area contributed by atoms with Crippen LogP contribution >= 0.6 is 11.6 Å². The number of amidine groups is 1. The molecule has 1 aromatic rings. The van der Waals surface area contributed by atoms with E-state index in [0.29, 0.717) is 22.9 Å². The summed E-state index contributed by atoms with van der Waals surface area (Å²) in [5.41, 5.74) is 5.85. The van der Waals surface area contributed by atoms with Gasteiger partial charge in [0.05, 0.1) is 11.1 Å². The molecule has 1 rings (SSSR count). The molecule has 88 valence electrons. The second kappa shape index (κ2) is 5.72. The third kappa shape index (κ3) is 3.40. The van der Waals surface area contributed by atoms with Crippen molar-refractivity contribution in [2.24, 2.45) is 5.73 Å². The van der Waals surface area contributed by atoms with Gasteiger partial charge in [-0.1, -0.05) is 11.6 Å². The minimum atomic E-state index is -0.0539. The highest BCUT2D eigenvalue weighted by Gasteiger charge is 2.06. The van der Waals surface area contributed by atoms with Crippen LogP contribution in [0, 0.1) is 5.41 Å². The Labute approximate surface area is 99.8 Å². The standard InChI is InChI=1S/C11H15ClN2O2/c1-7(15-2)6-16-8-3-4-9(11(13)14)10(12)5-8/h3-5,7H,6H2,1-2H3,(H3,13,14). The molecule has 0 saturated carbocycles. The molecule has 0 heterocycles. The molecule has 0 fully saturated rings. The average molecular weight is 243 g/mol. The maximum absolute atomic E-state index is 7.28. The summed E-state index contributed by atoms with van der Waals surface area (Å²) in [6, 6.07) is 5.03. The van der Waals surface area contributed by atoms with Crippen LogP contribution in [0.4, 0.5) is 0 Å². The van der Waals surface area contributed by atoms with E-state index in [4.69, 9.17) is 32.2 Å². The van der Waals surface area contributed by atoms with E-state index >= 15 is 0 Å². The number of nitrogens with one attached hydrogen (secondary N) is 1. The first-order chi connectivity index (χ1) is 7.54. The van der Waals surface area contributed by atoms with Crippen LogP contribution in [0.25, 0.3) is 0 Å². The van der Waals surface area contributed by atoms with Gasteiger partial charge in [-0.2, -0.15) is 0 Å². The highest BCUT2D eigenvalue weighted by atomic mass is 35.5. The fourth-order valence-electron chi connectivity index (χ4n) is 1.09. The van der Waals surface area contributed by atoms with Crippen molar-refractivity contribution in [2.45, 2.75) is 13.0 Å². The molecule has 3 N–H and O–H groups in total. The van der Waals surface area contributed by atoms with E-state index in [9.17, 15) is 0 Å². The first-order valence-corrected chi connectivity index (χ1v) is 5.22. The molecule has 16 heavy (non-hydrogen) atoms. The number of methoxy groups -OCH3 is 1. The van der Waals surface area contributed by atoms with Gasteiger partial charge in [0, 0.05) is 12.7 Å². The third-order valence-corrected chi connectivity index (χ3v) is 2.43. The highest BCUT2D eigenvalue weighted by molar-refractivity contribution is 6.34. The second-order valence-electron chi connectivity index (χ2n) is 3.41. The van der Waals surface area contributed by atoms with Crippen LogP contribution in [-0.4, -0.2) is 25.7 Å². The molecule has 0 spiro atoms. The molecule has 0 radical (unpaired) electrons. The lowest BCUT2D eigenvalue weighted by atomic mass is 10.2. The second-order valence-corrected chi connectivity index (χ2v) is 3.82. The summed E-state index contributed by atoms with van der Waals surface area (Å²) < 4.78 is 10.5. The van der Waals surface area contributed by atoms with Crippen molar-refractivity contribution < 1.29 is 9.47 Å². The first-order valence-electron chi connectivity index (χ1n) is 4.84. The quantitative estimate of drug-likeness (QED) is 0.613. The van der Waals surface area contributed by atoms with Crippen LogP contribution in [0.1, 0.15) is 12.5 Å². The van der Waals surface area contributed by atoms with E-state index in [-0.39, 0.29) is 11.9 Å². The molecule has 0 saturated heterocycles. The van der Waals surface area contributed by atoms with E-state index in [1.165, 1.54) is 0 Å². The summed E-state index contributed by atoms with van der Waals surface area (Å²) >= 11 is 5.94. The van der Waals surface area contributed by atoms with Crippen molar-refractivity contribution in [3.63, 3.8) is 0 Å². The zero-order valence-electron chi connectivity index (χ0n) is 9.29. The van der Waals surface area contributed by atoms with Gasteiger partial charge in [-0.3, -0.25) is 5.41 Å². The third-order valence-electron chi connectivity index (χ3n) is 2.12. The zero-order valence-corrected chi connectivity index (χ0v) is 10.0. The number of benzene rings is 1. The number of hydrogen-bond acceptors (Lipinski definition) is 3. The minimum absolute atomic E-state index is 0.0197. The van der Waals surface area contributed by atoms with Gasteiger partial charge < -0.3 is 15.2 Å². The van der Waals surface area contributed by atoms with Gasteiger partial charge in [-0.15, -0.1) is 0 Å². The van der Waals surface area contributed by atoms with Gasteiger partial charge in [0.1, 0.15) is 18.2 Å². The topological polar surface area (TPSA) is 68.3 Å². The summed E-state index contributed by atoms with van der Waals surface area (Å²) in [6.45, 7) is 2.36. The van der Waals surface area contributed by atoms with Crippen LogP contribution in [0.15, 0.2) is 18.2 Å². The molecular formula is C11H15ClN2O2. The van der Waals surface area contributed by atoms with Crippen LogP contribution in [0.3, 0.4) is 0 Å². The van der Waals surface area contributed by atoms with Crippen LogP contribution in [0.5, 0.6) is 5.75 Å². The largest absolute Gasteiger partial charge is 0.491 e. The number of hydrogen-bond donors (Lipinski definition) is 2. The van der Waals surface area contributed by atoms with Crippen molar-refractivity contribution in [3.05, 3.63) is 28.8 Å². The Morgan fingerprint density at radius 3 is 2.75 bits per heavy atom. The van der Waals surface area contributed by atoms with Gasteiger partial charge in [-0.25, -0.2) is 0 Å². The number of rotatable bonds is 5. The minimum Gasteiger partial charge on any atom is -0.491 e. The number of ether oxygens (including phenoxy) is 2. The van der Waals surface area contributed by atoms with E-state index < -0.39 is 0 Å². The molecule has 0 aliphatic rings. The highest BCUT2D eigenvalue weighted by Crippen LogP contribution is 2.22. The summed E-state index contributed by atoms with van der Waals surface area (Å²) in [4.78, 5) is 0. The van der Waals surface area contributed by atoms with Crippen molar-refractivity contribution in [1.29, 1.82) is 5.41 Å². The van der Waals surface area contributed by atoms with Crippen molar-refractivity contribution in [2.75, 3.05) is 13.7 Å². The first kappa shape index (κ1) is 12.8. The van der Waals surface area contributed by atoms with Crippen molar-refractivity contribution in [1.82, 2.24) is 0 Å². The van der Waals surface area contributed by atoms with E-state index in [1.54, 1.807) is 25.3 Å². The van der Waals surface area contributed by atoms with Gasteiger partial charge in [0.2, 0.25) is 0 Å². The van der Waals surface area contributed by atoms with Crippen LogP contribution in [-0.2, 0) is 4.74 Å². The van der Waals surface area contributed by atoms with Gasteiger partial charge >= 0.3 is 0 Å². The molecule has 1 atom stereocenters. The molecule has 0 bridgehead atoms. The molecule has 5 heteroatoms.